The normalized spacial score (nSPS) is 10.5. The SMILES string of the molecule is COc1ccc(-c2nc(-c3cccc(C)c3)no2)cc1[N+](=O)[O-]. The van der Waals surface area contributed by atoms with Gasteiger partial charge in [0.2, 0.25) is 5.82 Å². The minimum absolute atomic E-state index is 0.152. The zero-order valence-electron chi connectivity index (χ0n) is 12.5. The predicted molar refractivity (Wildman–Crippen MR) is 83.1 cm³/mol. The van der Waals surface area contributed by atoms with Crippen molar-refractivity contribution in [3.8, 4) is 28.6 Å². The van der Waals surface area contributed by atoms with E-state index in [9.17, 15) is 10.1 Å². The number of aryl methyl sites for hydroxylation is 1. The molecule has 0 saturated heterocycles. The van der Waals surface area contributed by atoms with E-state index in [-0.39, 0.29) is 17.3 Å². The Balaban J connectivity index is 2.00. The molecule has 1 aromatic heterocycles. The molecule has 7 heteroatoms. The van der Waals surface area contributed by atoms with Crippen molar-refractivity contribution in [2.45, 2.75) is 6.92 Å². The summed E-state index contributed by atoms with van der Waals surface area (Å²) in [5.74, 6) is 0.826. The molecule has 7 nitrogen and oxygen atoms in total. The molecule has 0 spiro atoms. The van der Waals surface area contributed by atoms with Crippen LogP contribution in [0, 0.1) is 17.0 Å². The number of hydrogen-bond donors (Lipinski definition) is 0. The quantitative estimate of drug-likeness (QED) is 0.539. The van der Waals surface area contributed by atoms with Gasteiger partial charge in [-0.05, 0) is 25.1 Å². The molecule has 3 rings (SSSR count). The first-order valence-electron chi connectivity index (χ1n) is 6.82. The van der Waals surface area contributed by atoms with E-state index in [1.807, 2.05) is 31.2 Å². The molecule has 0 fully saturated rings. The highest BCUT2D eigenvalue weighted by Gasteiger charge is 2.19. The van der Waals surface area contributed by atoms with Crippen molar-refractivity contribution < 1.29 is 14.2 Å². The molecule has 0 aliphatic carbocycles. The second kappa shape index (κ2) is 5.88. The van der Waals surface area contributed by atoms with E-state index in [2.05, 4.69) is 10.1 Å². The Bertz CT molecular complexity index is 873. The number of aromatic nitrogens is 2. The lowest BCUT2D eigenvalue weighted by molar-refractivity contribution is -0.385. The van der Waals surface area contributed by atoms with Crippen molar-refractivity contribution in [2.24, 2.45) is 0 Å². The van der Waals surface area contributed by atoms with Gasteiger partial charge in [0.15, 0.2) is 5.75 Å². The topological polar surface area (TPSA) is 91.3 Å². The monoisotopic (exact) mass is 311 g/mol. The Labute approximate surface area is 131 Å². The Morgan fingerprint density at radius 2 is 2.00 bits per heavy atom. The summed E-state index contributed by atoms with van der Waals surface area (Å²) in [4.78, 5) is 14.9. The van der Waals surface area contributed by atoms with Gasteiger partial charge in [0.1, 0.15) is 0 Å². The molecule has 0 radical (unpaired) electrons. The molecule has 0 N–H and O–H groups in total. The first-order chi connectivity index (χ1) is 11.1. The number of nitrogens with zero attached hydrogens (tertiary/aromatic N) is 3. The van der Waals surface area contributed by atoms with Gasteiger partial charge < -0.3 is 9.26 Å². The van der Waals surface area contributed by atoms with Gasteiger partial charge in [0.25, 0.3) is 5.89 Å². The van der Waals surface area contributed by atoms with Crippen molar-refractivity contribution in [1.29, 1.82) is 0 Å². The minimum Gasteiger partial charge on any atom is -0.490 e. The van der Waals surface area contributed by atoms with Crippen molar-refractivity contribution in [3.05, 3.63) is 58.1 Å². The van der Waals surface area contributed by atoms with Crippen LogP contribution in [-0.4, -0.2) is 22.2 Å². The van der Waals surface area contributed by atoms with Gasteiger partial charge in [-0.3, -0.25) is 10.1 Å². The summed E-state index contributed by atoms with van der Waals surface area (Å²) < 4.78 is 10.2. The van der Waals surface area contributed by atoms with E-state index in [0.717, 1.165) is 11.1 Å². The molecule has 1 heterocycles. The van der Waals surface area contributed by atoms with Crippen LogP contribution in [0.4, 0.5) is 5.69 Å². The van der Waals surface area contributed by atoms with Gasteiger partial charge in [-0.15, -0.1) is 0 Å². The standard InChI is InChI=1S/C16H13N3O4/c1-10-4-3-5-11(8-10)15-17-16(23-18-15)12-6-7-14(22-2)13(9-12)19(20)21/h3-9H,1-2H3. The second-order valence-electron chi connectivity index (χ2n) is 4.94. The lowest BCUT2D eigenvalue weighted by Gasteiger charge is -2.02. The third-order valence-electron chi connectivity index (χ3n) is 3.32. The van der Waals surface area contributed by atoms with E-state index < -0.39 is 4.92 Å². The Morgan fingerprint density at radius 1 is 1.17 bits per heavy atom. The smallest absolute Gasteiger partial charge is 0.311 e. The van der Waals surface area contributed by atoms with Gasteiger partial charge in [-0.2, -0.15) is 4.98 Å². The van der Waals surface area contributed by atoms with E-state index in [1.165, 1.54) is 19.2 Å². The maximum Gasteiger partial charge on any atom is 0.311 e. The molecule has 0 saturated carbocycles. The predicted octanol–water partition coefficient (Wildman–Crippen LogP) is 3.63. The molecule has 0 atom stereocenters. The van der Waals surface area contributed by atoms with Crippen LogP contribution >= 0.6 is 0 Å². The minimum atomic E-state index is -0.514. The molecule has 0 bridgehead atoms. The van der Waals surface area contributed by atoms with Crippen LogP contribution in [0.1, 0.15) is 5.56 Å². The fourth-order valence-electron chi connectivity index (χ4n) is 2.21. The lowest BCUT2D eigenvalue weighted by atomic mass is 10.1. The van der Waals surface area contributed by atoms with Crippen LogP contribution in [0.5, 0.6) is 5.75 Å². The molecule has 3 aromatic rings. The third-order valence-corrected chi connectivity index (χ3v) is 3.32. The summed E-state index contributed by atoms with van der Waals surface area (Å²) in [5.41, 5.74) is 2.21. The molecule has 2 aromatic carbocycles. The summed E-state index contributed by atoms with van der Waals surface area (Å²) >= 11 is 0. The van der Waals surface area contributed by atoms with Gasteiger partial charge >= 0.3 is 5.69 Å². The maximum absolute atomic E-state index is 11.1. The molecule has 0 aliphatic heterocycles. The molecule has 0 unspecified atom stereocenters. The van der Waals surface area contributed by atoms with E-state index in [4.69, 9.17) is 9.26 Å². The number of methoxy groups -OCH3 is 1. The molecular formula is C16H13N3O4. The van der Waals surface area contributed by atoms with Crippen molar-refractivity contribution >= 4 is 5.69 Å². The van der Waals surface area contributed by atoms with Crippen LogP contribution < -0.4 is 4.74 Å². The van der Waals surface area contributed by atoms with Gasteiger partial charge in [0.05, 0.1) is 12.0 Å². The highest BCUT2D eigenvalue weighted by molar-refractivity contribution is 5.65. The van der Waals surface area contributed by atoms with Gasteiger partial charge in [-0.1, -0.05) is 28.9 Å². The van der Waals surface area contributed by atoms with E-state index >= 15 is 0 Å². The molecule has 116 valence electrons. The highest BCUT2D eigenvalue weighted by atomic mass is 16.6. The average Bonchev–Trinajstić information content (AvgIpc) is 3.04. The summed E-state index contributed by atoms with van der Waals surface area (Å²) in [5, 5.41) is 15.0. The first kappa shape index (κ1) is 14.7. The lowest BCUT2D eigenvalue weighted by Crippen LogP contribution is -1.94. The largest absolute Gasteiger partial charge is 0.490 e. The number of hydrogen-bond acceptors (Lipinski definition) is 6. The van der Waals surface area contributed by atoms with Crippen molar-refractivity contribution in [3.63, 3.8) is 0 Å². The maximum atomic E-state index is 11.1. The number of nitro groups is 1. The van der Waals surface area contributed by atoms with Gasteiger partial charge in [-0.25, -0.2) is 0 Å². The Kier molecular flexibility index (Phi) is 3.76. The summed E-state index contributed by atoms with van der Waals surface area (Å²) in [6, 6.07) is 12.2. The third kappa shape index (κ3) is 2.89. The second-order valence-corrected chi connectivity index (χ2v) is 4.94. The molecule has 0 amide bonds. The van der Waals surface area contributed by atoms with Crippen LogP contribution in [0.2, 0.25) is 0 Å². The van der Waals surface area contributed by atoms with Crippen LogP contribution in [0.15, 0.2) is 47.0 Å². The number of ether oxygens (including phenoxy) is 1. The zero-order valence-corrected chi connectivity index (χ0v) is 12.5. The zero-order chi connectivity index (χ0) is 16.4. The molecular weight excluding hydrogens is 298 g/mol. The number of rotatable bonds is 4. The van der Waals surface area contributed by atoms with Crippen LogP contribution in [-0.2, 0) is 0 Å². The Morgan fingerprint density at radius 3 is 2.70 bits per heavy atom. The van der Waals surface area contributed by atoms with Crippen LogP contribution in [0.3, 0.4) is 0 Å². The van der Waals surface area contributed by atoms with E-state index in [0.29, 0.717) is 11.4 Å². The van der Waals surface area contributed by atoms with Crippen molar-refractivity contribution in [2.75, 3.05) is 7.11 Å². The van der Waals surface area contributed by atoms with E-state index in [1.54, 1.807) is 6.07 Å². The number of nitro benzene ring substituents is 1. The number of benzene rings is 2. The Hall–Kier alpha value is -3.22. The van der Waals surface area contributed by atoms with Crippen molar-refractivity contribution in [1.82, 2.24) is 10.1 Å². The molecule has 23 heavy (non-hydrogen) atoms. The average molecular weight is 311 g/mol. The van der Waals surface area contributed by atoms with Crippen LogP contribution in [0.25, 0.3) is 22.8 Å². The summed E-state index contributed by atoms with van der Waals surface area (Å²) in [7, 11) is 1.38. The summed E-state index contributed by atoms with van der Waals surface area (Å²) in [6.07, 6.45) is 0. The first-order valence-corrected chi connectivity index (χ1v) is 6.82. The molecule has 0 aliphatic rings. The fraction of sp³-hybridized carbons (Fsp3) is 0.125. The highest BCUT2D eigenvalue weighted by Crippen LogP contribution is 2.32. The van der Waals surface area contributed by atoms with Gasteiger partial charge in [0, 0.05) is 17.2 Å². The fourth-order valence-corrected chi connectivity index (χ4v) is 2.21. The summed E-state index contributed by atoms with van der Waals surface area (Å²) in [6.45, 7) is 1.97.